The fraction of sp³-hybridized carbons (Fsp3) is 0.190. The third kappa shape index (κ3) is 4.87. The first-order valence-corrected chi connectivity index (χ1v) is 9.87. The number of ether oxygens (including phenoxy) is 1. The molecule has 4 rings (SSSR count). The summed E-state index contributed by atoms with van der Waals surface area (Å²) in [6.07, 6.45) is -4.45. The van der Waals surface area contributed by atoms with Gasteiger partial charge in [0.15, 0.2) is 18.1 Å². The first-order valence-electron chi connectivity index (χ1n) is 9.49. The Labute approximate surface area is 190 Å². The number of rotatable bonds is 5. The summed E-state index contributed by atoms with van der Waals surface area (Å²) in [5, 5.41) is 8.10. The predicted octanol–water partition coefficient (Wildman–Crippen LogP) is 4.96. The van der Waals surface area contributed by atoms with E-state index in [4.69, 9.17) is 20.9 Å². The normalized spacial score (nSPS) is 11.6. The Morgan fingerprint density at radius 2 is 1.85 bits per heavy atom. The van der Waals surface area contributed by atoms with Gasteiger partial charge in [-0.15, -0.1) is 0 Å². The third-order valence-electron chi connectivity index (χ3n) is 4.52. The molecule has 0 spiro atoms. The van der Waals surface area contributed by atoms with Crippen molar-refractivity contribution in [3.8, 4) is 17.2 Å². The summed E-state index contributed by atoms with van der Waals surface area (Å²) >= 11 is 6.11. The van der Waals surface area contributed by atoms with E-state index in [1.165, 1.54) is 18.2 Å². The Hall–Kier alpha value is -3.73. The molecule has 0 unspecified atom stereocenters. The Morgan fingerprint density at radius 1 is 1.12 bits per heavy atom. The number of esters is 1. The Morgan fingerprint density at radius 3 is 2.48 bits per heavy atom. The minimum atomic E-state index is -4.45. The highest BCUT2D eigenvalue weighted by Crippen LogP contribution is 2.30. The van der Waals surface area contributed by atoms with Gasteiger partial charge in [0.2, 0.25) is 5.82 Å². The molecule has 12 heteroatoms. The smallest absolute Gasteiger partial charge is 0.416 e. The molecule has 0 amide bonds. The molecule has 0 atom stereocenters. The van der Waals surface area contributed by atoms with Crippen LogP contribution < -0.4 is 0 Å². The van der Waals surface area contributed by atoms with Crippen LogP contribution in [0.1, 0.15) is 33.3 Å². The van der Waals surface area contributed by atoms with E-state index in [2.05, 4.69) is 20.2 Å². The molecule has 1 aromatic carbocycles. The van der Waals surface area contributed by atoms with Gasteiger partial charge in [-0.25, -0.2) is 14.5 Å². The van der Waals surface area contributed by atoms with E-state index in [0.29, 0.717) is 11.4 Å². The molecule has 0 radical (unpaired) electrons. The molecular weight excluding hydrogens is 463 g/mol. The molecule has 0 aliphatic carbocycles. The Kier molecular flexibility index (Phi) is 5.90. The van der Waals surface area contributed by atoms with Crippen LogP contribution in [-0.4, -0.2) is 30.9 Å². The summed E-state index contributed by atoms with van der Waals surface area (Å²) in [7, 11) is 0. The molecule has 0 saturated heterocycles. The van der Waals surface area contributed by atoms with Crippen LogP contribution in [0.4, 0.5) is 13.2 Å². The average molecular weight is 478 g/mol. The highest BCUT2D eigenvalue weighted by Gasteiger charge is 2.30. The van der Waals surface area contributed by atoms with Crippen LogP contribution in [0, 0.1) is 13.8 Å². The number of benzene rings is 1. The highest BCUT2D eigenvalue weighted by molar-refractivity contribution is 6.33. The molecule has 0 fully saturated rings. The van der Waals surface area contributed by atoms with Crippen LogP contribution in [0.5, 0.6) is 0 Å². The zero-order chi connectivity index (χ0) is 23.8. The van der Waals surface area contributed by atoms with Crippen LogP contribution in [0.25, 0.3) is 17.2 Å². The van der Waals surface area contributed by atoms with Gasteiger partial charge < -0.3 is 9.26 Å². The van der Waals surface area contributed by atoms with E-state index >= 15 is 0 Å². The Bertz CT molecular complexity index is 1320. The van der Waals surface area contributed by atoms with Crippen molar-refractivity contribution in [1.82, 2.24) is 24.9 Å². The lowest BCUT2D eigenvalue weighted by Crippen LogP contribution is -2.11. The lowest BCUT2D eigenvalue weighted by atomic mass is 10.1. The van der Waals surface area contributed by atoms with E-state index in [-0.39, 0.29) is 29.0 Å². The summed E-state index contributed by atoms with van der Waals surface area (Å²) in [6, 6.07) is 9.25. The second-order valence-corrected chi connectivity index (χ2v) is 7.41. The first kappa shape index (κ1) is 22.5. The van der Waals surface area contributed by atoms with Gasteiger partial charge in [-0.3, -0.25) is 0 Å². The van der Waals surface area contributed by atoms with E-state index in [1.54, 1.807) is 10.7 Å². The summed E-state index contributed by atoms with van der Waals surface area (Å²) in [6.45, 7) is 3.30. The summed E-state index contributed by atoms with van der Waals surface area (Å²) < 4.78 is 49.8. The molecule has 3 aromatic heterocycles. The number of halogens is 4. The number of aryl methyl sites for hydroxylation is 2. The number of hydrogen-bond acceptors (Lipinski definition) is 7. The Balaban J connectivity index is 1.46. The predicted molar refractivity (Wildman–Crippen MR) is 110 cm³/mol. The molecule has 4 aromatic rings. The molecule has 0 N–H and O–H groups in total. The van der Waals surface area contributed by atoms with Crippen molar-refractivity contribution in [3.63, 3.8) is 0 Å². The largest absolute Gasteiger partial charge is 0.451 e. The van der Waals surface area contributed by atoms with Crippen molar-refractivity contribution < 1.29 is 27.2 Å². The van der Waals surface area contributed by atoms with Gasteiger partial charge in [-0.1, -0.05) is 28.9 Å². The van der Waals surface area contributed by atoms with Gasteiger partial charge in [0.05, 0.1) is 16.3 Å². The molecule has 0 aliphatic rings. The van der Waals surface area contributed by atoms with Gasteiger partial charge in [0.1, 0.15) is 0 Å². The maximum Gasteiger partial charge on any atom is 0.416 e. The van der Waals surface area contributed by atoms with Crippen LogP contribution >= 0.6 is 11.6 Å². The van der Waals surface area contributed by atoms with Crippen LogP contribution in [0.3, 0.4) is 0 Å². The van der Waals surface area contributed by atoms with Crippen LogP contribution in [0.15, 0.2) is 47.0 Å². The fourth-order valence-electron chi connectivity index (χ4n) is 2.99. The summed E-state index contributed by atoms with van der Waals surface area (Å²) in [5.74, 6) is -0.432. The van der Waals surface area contributed by atoms with E-state index in [9.17, 15) is 18.0 Å². The summed E-state index contributed by atoms with van der Waals surface area (Å²) in [5.41, 5.74) is 1.00. The lowest BCUT2D eigenvalue weighted by molar-refractivity contribution is -0.137. The van der Waals surface area contributed by atoms with Crippen LogP contribution in [0.2, 0.25) is 5.02 Å². The standard InChI is InChI=1S/C21H15ClF3N5O3/c1-11-9-12(2)30(28-11)16-8-7-15(22)18(26-16)20(31)32-10-17-27-19(29-33-17)13-3-5-14(6-4-13)21(23,24)25/h3-9H,10H2,1-2H3. The average Bonchev–Trinajstić information content (AvgIpc) is 3.38. The maximum atomic E-state index is 12.7. The number of alkyl halides is 3. The molecule has 0 aliphatic heterocycles. The lowest BCUT2D eigenvalue weighted by Gasteiger charge is -2.07. The molecule has 170 valence electrons. The molecule has 3 heterocycles. The quantitative estimate of drug-likeness (QED) is 0.375. The van der Waals surface area contributed by atoms with Crippen molar-refractivity contribution >= 4 is 17.6 Å². The van der Waals surface area contributed by atoms with Gasteiger partial charge >= 0.3 is 12.1 Å². The third-order valence-corrected chi connectivity index (χ3v) is 4.82. The second kappa shape index (κ2) is 8.66. The van der Waals surface area contributed by atoms with Crippen molar-refractivity contribution in [3.05, 3.63) is 76.0 Å². The van der Waals surface area contributed by atoms with Crippen molar-refractivity contribution in [2.45, 2.75) is 26.6 Å². The van der Waals surface area contributed by atoms with E-state index < -0.39 is 17.7 Å². The first-order chi connectivity index (χ1) is 15.6. The molecule has 0 bridgehead atoms. The van der Waals surface area contributed by atoms with Crippen LogP contribution in [-0.2, 0) is 17.5 Å². The SMILES string of the molecule is Cc1cc(C)n(-c2ccc(Cl)c(C(=O)OCc3nc(-c4ccc(C(F)(F)F)cc4)no3)n2)n1. The molecular formula is C21H15ClF3N5O3. The number of aromatic nitrogens is 5. The van der Waals surface area contributed by atoms with E-state index in [1.807, 2.05) is 19.9 Å². The van der Waals surface area contributed by atoms with Gasteiger partial charge in [-0.05, 0) is 44.2 Å². The zero-order valence-electron chi connectivity index (χ0n) is 17.2. The number of carbonyl (C=O) groups excluding carboxylic acids is 1. The number of nitrogens with zero attached hydrogens (tertiary/aromatic N) is 5. The second-order valence-electron chi connectivity index (χ2n) is 7.00. The number of pyridine rings is 1. The topological polar surface area (TPSA) is 95.9 Å². The fourth-order valence-corrected chi connectivity index (χ4v) is 3.17. The van der Waals surface area contributed by atoms with Gasteiger partial charge in [0, 0.05) is 11.3 Å². The van der Waals surface area contributed by atoms with Gasteiger partial charge in [0.25, 0.3) is 5.89 Å². The monoisotopic (exact) mass is 477 g/mol. The number of hydrogen-bond donors (Lipinski definition) is 0. The minimum Gasteiger partial charge on any atom is -0.451 e. The van der Waals surface area contributed by atoms with Gasteiger partial charge in [-0.2, -0.15) is 23.3 Å². The zero-order valence-corrected chi connectivity index (χ0v) is 18.0. The van der Waals surface area contributed by atoms with Crippen molar-refractivity contribution in [1.29, 1.82) is 0 Å². The highest BCUT2D eigenvalue weighted by atomic mass is 35.5. The summed E-state index contributed by atoms with van der Waals surface area (Å²) in [4.78, 5) is 20.8. The van der Waals surface area contributed by atoms with E-state index in [0.717, 1.165) is 23.5 Å². The molecule has 0 saturated carbocycles. The molecule has 33 heavy (non-hydrogen) atoms. The molecule has 8 nitrogen and oxygen atoms in total. The maximum absolute atomic E-state index is 12.7. The van der Waals surface area contributed by atoms with Crippen molar-refractivity contribution in [2.75, 3.05) is 0 Å². The minimum absolute atomic E-state index is 0.0518. The van der Waals surface area contributed by atoms with Crippen molar-refractivity contribution in [2.24, 2.45) is 0 Å². The number of carbonyl (C=O) groups is 1.